The lowest BCUT2D eigenvalue weighted by molar-refractivity contribution is -0.137. The molecule has 0 aliphatic carbocycles. The minimum absolute atomic E-state index is 0.0521. The van der Waals surface area contributed by atoms with E-state index in [1.807, 2.05) is 31.2 Å². The smallest absolute Gasteiger partial charge is 0.317 e. The Hall–Kier alpha value is -2.04. The van der Waals surface area contributed by atoms with Crippen LogP contribution in [-0.4, -0.2) is 35.6 Å². The zero-order chi connectivity index (χ0) is 15.1. The number of carboxylic acid groups (broad SMARTS) is 1. The molecular formula is C15H22N2O3. The van der Waals surface area contributed by atoms with Crippen molar-refractivity contribution in [1.29, 1.82) is 0 Å². The molecule has 0 saturated carbocycles. The summed E-state index contributed by atoms with van der Waals surface area (Å²) in [6.07, 6.45) is 0.933. The van der Waals surface area contributed by atoms with E-state index < -0.39 is 5.97 Å². The van der Waals surface area contributed by atoms with E-state index >= 15 is 0 Å². The molecule has 0 aliphatic rings. The van der Waals surface area contributed by atoms with E-state index in [-0.39, 0.29) is 25.0 Å². The van der Waals surface area contributed by atoms with Crippen molar-refractivity contribution in [1.82, 2.24) is 10.2 Å². The zero-order valence-electron chi connectivity index (χ0n) is 12.2. The number of rotatable bonds is 6. The quantitative estimate of drug-likeness (QED) is 0.839. The fourth-order valence-corrected chi connectivity index (χ4v) is 1.79. The molecule has 110 valence electrons. The van der Waals surface area contributed by atoms with Crippen molar-refractivity contribution in [2.45, 2.75) is 32.7 Å². The van der Waals surface area contributed by atoms with Crippen molar-refractivity contribution in [3.8, 4) is 0 Å². The number of urea groups is 1. The minimum atomic E-state index is -0.909. The molecular weight excluding hydrogens is 256 g/mol. The minimum Gasteiger partial charge on any atom is -0.481 e. The molecule has 0 aliphatic heterocycles. The largest absolute Gasteiger partial charge is 0.481 e. The molecule has 0 bridgehead atoms. The van der Waals surface area contributed by atoms with E-state index in [9.17, 15) is 9.59 Å². The molecule has 0 saturated heterocycles. The van der Waals surface area contributed by atoms with Crippen molar-refractivity contribution in [3.63, 3.8) is 0 Å². The Labute approximate surface area is 119 Å². The molecule has 0 fully saturated rings. The molecule has 1 aromatic carbocycles. The summed E-state index contributed by atoms with van der Waals surface area (Å²) in [5, 5.41) is 11.4. The van der Waals surface area contributed by atoms with Gasteiger partial charge in [0.15, 0.2) is 0 Å². The molecule has 0 aromatic heterocycles. The maximum Gasteiger partial charge on any atom is 0.317 e. The standard InChI is InChI=1S/C15H22N2O3/c1-4-12-5-7-13(8-6-12)11(2)16-15(20)17(3)10-9-14(18)19/h5-8,11H,4,9-10H2,1-3H3,(H,16,20)(H,18,19). The van der Waals surface area contributed by atoms with Gasteiger partial charge in [0.1, 0.15) is 0 Å². The number of hydrogen-bond donors (Lipinski definition) is 2. The number of benzene rings is 1. The summed E-state index contributed by atoms with van der Waals surface area (Å²) in [6.45, 7) is 4.20. The van der Waals surface area contributed by atoms with Gasteiger partial charge in [-0.2, -0.15) is 0 Å². The second kappa shape index (κ2) is 7.53. The van der Waals surface area contributed by atoms with Crippen molar-refractivity contribution < 1.29 is 14.7 Å². The highest BCUT2D eigenvalue weighted by Gasteiger charge is 2.13. The van der Waals surface area contributed by atoms with Crippen LogP contribution >= 0.6 is 0 Å². The molecule has 0 spiro atoms. The Morgan fingerprint density at radius 2 is 1.90 bits per heavy atom. The van der Waals surface area contributed by atoms with Crippen molar-refractivity contribution in [2.75, 3.05) is 13.6 Å². The maximum atomic E-state index is 11.9. The van der Waals surface area contributed by atoms with Crippen LogP contribution in [0.25, 0.3) is 0 Å². The third kappa shape index (κ3) is 4.91. The molecule has 20 heavy (non-hydrogen) atoms. The first-order valence-corrected chi connectivity index (χ1v) is 6.76. The number of aryl methyl sites for hydroxylation is 1. The van der Waals surface area contributed by atoms with Crippen molar-refractivity contribution in [3.05, 3.63) is 35.4 Å². The fraction of sp³-hybridized carbons (Fsp3) is 0.467. The summed E-state index contributed by atoms with van der Waals surface area (Å²) in [5.41, 5.74) is 2.29. The van der Waals surface area contributed by atoms with Gasteiger partial charge in [-0.15, -0.1) is 0 Å². The zero-order valence-corrected chi connectivity index (χ0v) is 12.2. The Balaban J connectivity index is 2.53. The lowest BCUT2D eigenvalue weighted by Crippen LogP contribution is -2.39. The molecule has 5 heteroatoms. The first-order chi connectivity index (χ1) is 9.43. The summed E-state index contributed by atoms with van der Waals surface area (Å²) in [4.78, 5) is 23.7. The predicted molar refractivity (Wildman–Crippen MR) is 77.6 cm³/mol. The van der Waals surface area contributed by atoms with E-state index in [0.29, 0.717) is 0 Å². The second-order valence-electron chi connectivity index (χ2n) is 4.83. The highest BCUT2D eigenvalue weighted by atomic mass is 16.4. The molecule has 1 atom stereocenters. The molecule has 2 amide bonds. The monoisotopic (exact) mass is 278 g/mol. The molecule has 1 unspecified atom stereocenters. The Morgan fingerprint density at radius 3 is 2.40 bits per heavy atom. The average molecular weight is 278 g/mol. The topological polar surface area (TPSA) is 69.6 Å². The van der Waals surface area contributed by atoms with Crippen LogP contribution in [0.3, 0.4) is 0 Å². The van der Waals surface area contributed by atoms with Gasteiger partial charge in [-0.3, -0.25) is 4.79 Å². The van der Waals surface area contributed by atoms with Gasteiger partial charge in [-0.25, -0.2) is 4.79 Å². The number of carbonyl (C=O) groups is 2. The van der Waals surface area contributed by atoms with Gasteiger partial charge in [0.05, 0.1) is 12.5 Å². The van der Waals surface area contributed by atoms with E-state index in [0.717, 1.165) is 12.0 Å². The number of carbonyl (C=O) groups excluding carboxylic acids is 1. The molecule has 2 N–H and O–H groups in total. The Kier molecular flexibility index (Phi) is 6.03. The summed E-state index contributed by atoms with van der Waals surface area (Å²) < 4.78 is 0. The number of nitrogens with zero attached hydrogens (tertiary/aromatic N) is 1. The number of aliphatic carboxylic acids is 1. The number of nitrogens with one attached hydrogen (secondary N) is 1. The van der Waals surface area contributed by atoms with Crippen LogP contribution < -0.4 is 5.32 Å². The summed E-state index contributed by atoms with van der Waals surface area (Å²) in [7, 11) is 1.59. The van der Waals surface area contributed by atoms with Gasteiger partial charge in [-0.05, 0) is 24.5 Å². The number of carboxylic acids is 1. The highest BCUT2D eigenvalue weighted by Crippen LogP contribution is 2.14. The van der Waals surface area contributed by atoms with Gasteiger partial charge < -0.3 is 15.3 Å². The van der Waals surface area contributed by atoms with Crippen LogP contribution in [0, 0.1) is 0 Å². The molecule has 1 aromatic rings. The SMILES string of the molecule is CCc1ccc(C(C)NC(=O)N(C)CCC(=O)O)cc1. The normalized spacial score (nSPS) is 11.8. The van der Waals surface area contributed by atoms with Crippen LogP contribution in [0.4, 0.5) is 4.79 Å². The van der Waals surface area contributed by atoms with Crippen LogP contribution in [0.1, 0.15) is 37.4 Å². The lowest BCUT2D eigenvalue weighted by Gasteiger charge is -2.21. The molecule has 1 rings (SSSR count). The summed E-state index contributed by atoms with van der Waals surface area (Å²) in [6, 6.07) is 7.72. The third-order valence-electron chi connectivity index (χ3n) is 3.24. The van der Waals surface area contributed by atoms with E-state index in [1.165, 1.54) is 10.5 Å². The summed E-state index contributed by atoms with van der Waals surface area (Å²) in [5.74, 6) is -0.909. The van der Waals surface area contributed by atoms with Gasteiger partial charge in [0.2, 0.25) is 0 Å². The van der Waals surface area contributed by atoms with Gasteiger partial charge in [-0.1, -0.05) is 31.2 Å². The van der Waals surface area contributed by atoms with E-state index in [2.05, 4.69) is 12.2 Å². The lowest BCUT2D eigenvalue weighted by atomic mass is 10.1. The molecule has 0 heterocycles. The Morgan fingerprint density at radius 1 is 1.30 bits per heavy atom. The highest BCUT2D eigenvalue weighted by molar-refractivity contribution is 5.75. The second-order valence-corrected chi connectivity index (χ2v) is 4.83. The summed E-state index contributed by atoms with van der Waals surface area (Å²) >= 11 is 0. The van der Waals surface area contributed by atoms with Crippen molar-refractivity contribution >= 4 is 12.0 Å². The fourth-order valence-electron chi connectivity index (χ4n) is 1.79. The number of hydrogen-bond acceptors (Lipinski definition) is 2. The van der Waals surface area contributed by atoms with Gasteiger partial charge in [0, 0.05) is 13.6 Å². The van der Waals surface area contributed by atoms with E-state index in [1.54, 1.807) is 7.05 Å². The van der Waals surface area contributed by atoms with Gasteiger partial charge >= 0.3 is 12.0 Å². The first kappa shape index (κ1) is 16.0. The maximum absolute atomic E-state index is 11.9. The van der Waals surface area contributed by atoms with Crippen LogP contribution in [0.15, 0.2) is 24.3 Å². The van der Waals surface area contributed by atoms with Crippen LogP contribution in [-0.2, 0) is 11.2 Å². The third-order valence-corrected chi connectivity index (χ3v) is 3.24. The van der Waals surface area contributed by atoms with E-state index in [4.69, 9.17) is 5.11 Å². The molecule has 5 nitrogen and oxygen atoms in total. The number of amides is 2. The Bertz CT molecular complexity index is 457. The predicted octanol–water partition coefficient (Wildman–Crippen LogP) is 2.43. The average Bonchev–Trinajstić information content (AvgIpc) is 2.44. The first-order valence-electron chi connectivity index (χ1n) is 6.76. The van der Waals surface area contributed by atoms with Crippen molar-refractivity contribution in [2.24, 2.45) is 0 Å². The molecule has 0 radical (unpaired) electrons. The van der Waals surface area contributed by atoms with Gasteiger partial charge in [0.25, 0.3) is 0 Å². The van der Waals surface area contributed by atoms with Crippen LogP contribution in [0.2, 0.25) is 0 Å². The van der Waals surface area contributed by atoms with Crippen LogP contribution in [0.5, 0.6) is 0 Å².